The SMILES string of the molecule is CNC(=O)NC(=NCCCC1NC(=O)[C@@H](C)NC(=O)C[C@@H](C(=O)O)NC(=O)C[C@@H](C(=O)O)NC(=O)C(Cc2ccccc2)N(C)C1=O)NC(=O)NC. The van der Waals surface area contributed by atoms with E-state index in [2.05, 4.69) is 47.5 Å². The Kier molecular flexibility index (Phi) is 16.4. The lowest BCUT2D eigenvalue weighted by Gasteiger charge is -2.32. The molecule has 1 aromatic carbocycles. The smallest absolute Gasteiger partial charge is 0.326 e. The van der Waals surface area contributed by atoms with E-state index in [4.69, 9.17) is 0 Å². The van der Waals surface area contributed by atoms with Crippen LogP contribution in [0.2, 0.25) is 0 Å². The normalized spacial score (nSPS) is 21.9. The molecular weight excluding hydrogens is 688 g/mol. The summed E-state index contributed by atoms with van der Waals surface area (Å²) in [6, 6.07) is -0.675. The summed E-state index contributed by atoms with van der Waals surface area (Å²) in [5.41, 5.74) is 0.577. The maximum absolute atomic E-state index is 14.1. The molecule has 0 spiro atoms. The lowest BCUT2D eigenvalue weighted by Crippen LogP contribution is -2.58. The minimum Gasteiger partial charge on any atom is -0.480 e. The summed E-state index contributed by atoms with van der Waals surface area (Å²) in [5, 5.41) is 37.8. The van der Waals surface area contributed by atoms with Crippen molar-refractivity contribution in [2.24, 2.45) is 4.99 Å². The molecule has 52 heavy (non-hydrogen) atoms. The molecule has 0 radical (unpaired) electrons. The molecule has 2 rings (SSSR count). The van der Waals surface area contributed by atoms with Crippen molar-refractivity contribution in [3.63, 3.8) is 0 Å². The van der Waals surface area contributed by atoms with E-state index in [0.717, 1.165) is 4.90 Å². The number of rotatable bonds is 8. The van der Waals surface area contributed by atoms with Crippen molar-refractivity contribution in [1.29, 1.82) is 0 Å². The summed E-state index contributed by atoms with van der Waals surface area (Å²) in [6.45, 7) is 1.18. The van der Waals surface area contributed by atoms with Crippen LogP contribution < -0.4 is 42.5 Å². The van der Waals surface area contributed by atoms with Gasteiger partial charge in [0.05, 0.1) is 12.8 Å². The van der Waals surface area contributed by atoms with Gasteiger partial charge in [-0.1, -0.05) is 30.3 Å². The van der Waals surface area contributed by atoms with Gasteiger partial charge in [0.15, 0.2) is 0 Å². The van der Waals surface area contributed by atoms with Crippen LogP contribution in [-0.2, 0) is 40.0 Å². The lowest BCUT2D eigenvalue weighted by atomic mass is 10.0. The highest BCUT2D eigenvalue weighted by molar-refractivity contribution is 6.03. The van der Waals surface area contributed by atoms with Gasteiger partial charge in [0.25, 0.3) is 0 Å². The Balaban J connectivity index is 2.53. The zero-order chi connectivity index (χ0) is 39.0. The van der Waals surface area contributed by atoms with E-state index in [1.807, 2.05) is 0 Å². The number of guanidine groups is 1. The van der Waals surface area contributed by atoms with Gasteiger partial charge in [0.2, 0.25) is 35.5 Å². The molecule has 284 valence electrons. The van der Waals surface area contributed by atoms with Gasteiger partial charge in [0, 0.05) is 34.1 Å². The number of benzene rings is 1. The quantitative estimate of drug-likeness (QED) is 0.0728. The van der Waals surface area contributed by atoms with Gasteiger partial charge in [-0.2, -0.15) is 0 Å². The first-order chi connectivity index (χ1) is 24.6. The average Bonchev–Trinajstić information content (AvgIpc) is 3.10. The van der Waals surface area contributed by atoms with Gasteiger partial charge >= 0.3 is 24.0 Å². The largest absolute Gasteiger partial charge is 0.480 e. The van der Waals surface area contributed by atoms with Crippen LogP contribution in [0.15, 0.2) is 35.3 Å². The molecule has 1 heterocycles. The van der Waals surface area contributed by atoms with E-state index >= 15 is 0 Å². The monoisotopic (exact) mass is 732 g/mol. The number of amides is 9. The summed E-state index contributed by atoms with van der Waals surface area (Å²) in [5.74, 6) is -8.16. The second-order valence-corrected chi connectivity index (χ2v) is 11.6. The number of nitrogens with zero attached hydrogens (tertiary/aromatic N) is 2. The Morgan fingerprint density at radius 3 is 1.88 bits per heavy atom. The Morgan fingerprint density at radius 2 is 1.35 bits per heavy atom. The van der Waals surface area contributed by atoms with Gasteiger partial charge in [-0.3, -0.25) is 39.6 Å². The molecule has 0 saturated carbocycles. The number of aliphatic imine (C=N–C) groups is 1. The van der Waals surface area contributed by atoms with Crippen LogP contribution in [0.4, 0.5) is 9.59 Å². The van der Waals surface area contributed by atoms with Crippen LogP contribution >= 0.6 is 0 Å². The molecule has 21 heteroatoms. The van der Waals surface area contributed by atoms with E-state index < -0.39 is 96.6 Å². The van der Waals surface area contributed by atoms with Gasteiger partial charge < -0.3 is 47.0 Å². The van der Waals surface area contributed by atoms with Crippen LogP contribution in [0.3, 0.4) is 0 Å². The standard InChI is InChI=1S/C31H44N10O11/c1-16-24(44)37-18(11-8-12-34-29(39-30(51)32-2)40-31(52)33-3)26(46)41(4)21(13-17-9-6-5-7-10-17)25(45)38-20(28(49)50)15-23(43)36-19(27(47)48)14-22(42)35-16/h5-7,9-10,16,18-21H,8,11-15H2,1-4H3,(H,35,42)(H,36,43)(H,37,44)(H,38,45)(H,47,48)(H,49,50)(H4,32,33,34,39,40,51,52)/t16-,18?,19+,20+,21?/m1/s1. The molecule has 1 fully saturated rings. The molecule has 0 aromatic heterocycles. The minimum atomic E-state index is -1.86. The number of likely N-dealkylation sites (N-methyl/N-ethyl adjacent to an activating group) is 1. The molecule has 5 atom stereocenters. The highest BCUT2D eigenvalue weighted by Gasteiger charge is 2.36. The van der Waals surface area contributed by atoms with Crippen LogP contribution in [-0.4, -0.2) is 133 Å². The van der Waals surface area contributed by atoms with Crippen molar-refractivity contribution >= 4 is 59.5 Å². The highest BCUT2D eigenvalue weighted by Crippen LogP contribution is 2.13. The van der Waals surface area contributed by atoms with Crippen LogP contribution in [0.1, 0.15) is 38.2 Å². The molecule has 1 saturated heterocycles. The molecule has 21 nitrogen and oxygen atoms in total. The van der Waals surface area contributed by atoms with Crippen molar-refractivity contribution in [1.82, 2.24) is 47.4 Å². The topological polar surface area (TPSA) is 306 Å². The molecule has 9 amide bonds. The zero-order valence-electron chi connectivity index (χ0n) is 29.0. The zero-order valence-corrected chi connectivity index (χ0v) is 29.0. The van der Waals surface area contributed by atoms with E-state index in [-0.39, 0.29) is 31.8 Å². The summed E-state index contributed by atoms with van der Waals surface area (Å²) in [4.78, 5) is 119. The van der Waals surface area contributed by atoms with Gasteiger partial charge in [0.1, 0.15) is 30.2 Å². The number of carboxylic acids is 2. The molecule has 10 N–H and O–H groups in total. The number of carbonyl (C=O) groups is 9. The van der Waals surface area contributed by atoms with Gasteiger partial charge in [-0.05, 0) is 25.3 Å². The first-order valence-electron chi connectivity index (χ1n) is 16.0. The third-order valence-electron chi connectivity index (χ3n) is 7.64. The first-order valence-corrected chi connectivity index (χ1v) is 16.0. The number of hydrogen-bond acceptors (Lipinski definition) is 10. The fourth-order valence-corrected chi connectivity index (χ4v) is 4.79. The molecule has 0 aliphatic carbocycles. The molecule has 1 aromatic rings. The Bertz CT molecular complexity index is 1520. The van der Waals surface area contributed by atoms with Crippen LogP contribution in [0, 0.1) is 0 Å². The lowest BCUT2D eigenvalue weighted by molar-refractivity contribution is -0.147. The van der Waals surface area contributed by atoms with E-state index in [0.29, 0.717) is 5.56 Å². The van der Waals surface area contributed by atoms with Crippen molar-refractivity contribution in [2.45, 2.75) is 69.2 Å². The minimum absolute atomic E-state index is 0.0598. The van der Waals surface area contributed by atoms with Crippen molar-refractivity contribution in [3.05, 3.63) is 35.9 Å². The summed E-state index contributed by atoms with van der Waals surface area (Å²) in [6.07, 6.45) is -1.92. The summed E-state index contributed by atoms with van der Waals surface area (Å²) < 4.78 is 0. The fourth-order valence-electron chi connectivity index (χ4n) is 4.79. The Morgan fingerprint density at radius 1 is 0.808 bits per heavy atom. The van der Waals surface area contributed by atoms with E-state index in [1.54, 1.807) is 30.3 Å². The maximum atomic E-state index is 14.1. The molecule has 2 unspecified atom stereocenters. The number of carboxylic acid groups (broad SMARTS) is 2. The first kappa shape index (κ1) is 41.9. The summed E-state index contributed by atoms with van der Waals surface area (Å²) in [7, 11) is 3.95. The second-order valence-electron chi connectivity index (χ2n) is 11.6. The maximum Gasteiger partial charge on any atom is 0.326 e. The third kappa shape index (κ3) is 13.6. The number of nitrogens with one attached hydrogen (secondary N) is 8. The number of aliphatic carboxylic acids is 2. The Hall–Kier alpha value is -6.28. The Labute approximate surface area is 298 Å². The van der Waals surface area contributed by atoms with Crippen molar-refractivity contribution in [3.8, 4) is 0 Å². The third-order valence-corrected chi connectivity index (χ3v) is 7.64. The molecule has 0 bridgehead atoms. The molecule has 1 aliphatic rings. The van der Waals surface area contributed by atoms with Gasteiger partial charge in [-0.15, -0.1) is 0 Å². The van der Waals surface area contributed by atoms with E-state index in [1.165, 1.54) is 28.1 Å². The number of carbonyl (C=O) groups excluding carboxylic acids is 7. The summed E-state index contributed by atoms with van der Waals surface area (Å²) >= 11 is 0. The van der Waals surface area contributed by atoms with Crippen molar-refractivity contribution < 1.29 is 53.4 Å². The van der Waals surface area contributed by atoms with Crippen molar-refractivity contribution in [2.75, 3.05) is 27.7 Å². The van der Waals surface area contributed by atoms with Crippen LogP contribution in [0.25, 0.3) is 0 Å². The predicted octanol–water partition coefficient (Wildman–Crippen LogP) is -3.03. The fraction of sp³-hybridized carbons (Fsp3) is 0.484. The number of urea groups is 2. The number of hydrogen-bond donors (Lipinski definition) is 10. The molecular formula is C31H44N10O11. The van der Waals surface area contributed by atoms with E-state index in [9.17, 15) is 53.4 Å². The second kappa shape index (κ2) is 20.4. The predicted molar refractivity (Wildman–Crippen MR) is 181 cm³/mol. The molecule has 1 aliphatic heterocycles. The van der Waals surface area contributed by atoms with Gasteiger partial charge in [-0.25, -0.2) is 19.2 Å². The average molecular weight is 733 g/mol. The van der Waals surface area contributed by atoms with Crippen LogP contribution in [0.5, 0.6) is 0 Å². The highest BCUT2D eigenvalue weighted by atomic mass is 16.4.